The molecule has 0 radical (unpaired) electrons. The molecule has 9 nitrogen and oxygen atoms in total. The van der Waals surface area contributed by atoms with Gasteiger partial charge < -0.3 is 34.0 Å². The van der Waals surface area contributed by atoms with Gasteiger partial charge in [-0.1, -0.05) is 192 Å². The van der Waals surface area contributed by atoms with E-state index in [-0.39, 0.29) is 18.9 Å². The molecule has 4 unspecified atom stereocenters. The maximum atomic E-state index is 12.9. The lowest BCUT2D eigenvalue weighted by Gasteiger charge is -2.31. The quantitative estimate of drug-likeness (QED) is 0.0241. The smallest absolute Gasteiger partial charge is 0.268 e. The predicted octanol–water partition coefficient (Wildman–Crippen LogP) is 12.2. The number of carbonyl (C=O) groups excluding carboxylic acids is 1. The topological polar surface area (TPSA) is 128 Å². The number of unbranched alkanes of at least 4 members (excludes halogenated alkanes) is 24. The molecule has 0 spiro atoms. The molecule has 0 aromatic rings. The van der Waals surface area contributed by atoms with Crippen LogP contribution in [0, 0.1) is 0 Å². The van der Waals surface area contributed by atoms with E-state index >= 15 is 0 Å². The third kappa shape index (κ3) is 41.8. The summed E-state index contributed by atoms with van der Waals surface area (Å²) in [7, 11) is 1.12. The van der Waals surface area contributed by atoms with Crippen LogP contribution in [0.15, 0.2) is 36.5 Å². The van der Waals surface area contributed by atoms with Crippen LogP contribution in [0.1, 0.15) is 213 Å². The van der Waals surface area contributed by atoms with Gasteiger partial charge in [0.2, 0.25) is 5.91 Å². The van der Waals surface area contributed by atoms with Gasteiger partial charge in [0.25, 0.3) is 7.82 Å². The van der Waals surface area contributed by atoms with E-state index in [1.165, 1.54) is 122 Å². The number of likely N-dealkylation sites (N-methyl/N-ethyl adjacent to an activating group) is 1. The molecule has 348 valence electrons. The van der Waals surface area contributed by atoms with E-state index in [2.05, 4.69) is 55.6 Å². The molecule has 0 aliphatic heterocycles. The summed E-state index contributed by atoms with van der Waals surface area (Å²) in [5.74, 6) is -0.286. The molecule has 0 bridgehead atoms. The highest BCUT2D eigenvalue weighted by Gasteiger charge is 2.29. The molecule has 0 aliphatic carbocycles. The van der Waals surface area contributed by atoms with E-state index in [1.807, 2.05) is 21.1 Å². The lowest BCUT2D eigenvalue weighted by molar-refractivity contribution is -0.870. The average Bonchev–Trinajstić information content (AvgIpc) is 3.19. The normalized spacial score (nSPS) is 15.1. The first-order chi connectivity index (χ1) is 28.4. The van der Waals surface area contributed by atoms with E-state index in [0.717, 1.165) is 57.8 Å². The Bertz CT molecular complexity index is 1080. The fourth-order valence-electron chi connectivity index (χ4n) is 7.03. The molecule has 59 heavy (non-hydrogen) atoms. The summed E-state index contributed by atoms with van der Waals surface area (Å²) in [6.45, 7) is 4.42. The van der Waals surface area contributed by atoms with Crippen molar-refractivity contribution in [3.05, 3.63) is 36.5 Å². The number of phosphoric acid groups is 1. The average molecular weight is 855 g/mol. The van der Waals surface area contributed by atoms with Crippen LogP contribution in [-0.2, 0) is 18.4 Å². The number of rotatable bonds is 44. The summed E-state index contributed by atoms with van der Waals surface area (Å²) in [5.41, 5.74) is 0. The molecule has 3 N–H and O–H groups in total. The molecular formula is C49H95N2O7P. The van der Waals surface area contributed by atoms with E-state index in [1.54, 1.807) is 0 Å². The highest BCUT2D eigenvalue weighted by Crippen LogP contribution is 2.38. The fourth-order valence-corrected chi connectivity index (χ4v) is 7.75. The van der Waals surface area contributed by atoms with Gasteiger partial charge in [-0.25, -0.2) is 0 Å². The van der Waals surface area contributed by atoms with E-state index < -0.39 is 32.7 Å². The number of hydrogen-bond acceptors (Lipinski definition) is 7. The van der Waals surface area contributed by atoms with Gasteiger partial charge in [-0.15, -0.1) is 0 Å². The highest BCUT2D eigenvalue weighted by atomic mass is 31.2. The summed E-state index contributed by atoms with van der Waals surface area (Å²) in [6, 6.07) is -1.08. The molecular weight excluding hydrogens is 760 g/mol. The van der Waals surface area contributed by atoms with E-state index in [9.17, 15) is 24.5 Å². The number of aliphatic hydroxyl groups excluding tert-OH is 2. The molecule has 0 saturated heterocycles. The van der Waals surface area contributed by atoms with Crippen LogP contribution in [0.2, 0.25) is 0 Å². The minimum Gasteiger partial charge on any atom is -0.756 e. The molecule has 0 aromatic carbocycles. The van der Waals surface area contributed by atoms with Crippen LogP contribution in [0.25, 0.3) is 0 Å². The first kappa shape index (κ1) is 57.7. The minimum absolute atomic E-state index is 0.0429. The number of aliphatic hydroxyl groups is 2. The summed E-state index contributed by atoms with van der Waals surface area (Å²) in [4.78, 5) is 25.4. The van der Waals surface area contributed by atoms with E-state index in [4.69, 9.17) is 9.05 Å². The predicted molar refractivity (Wildman–Crippen MR) is 248 cm³/mol. The van der Waals surface area contributed by atoms with E-state index in [0.29, 0.717) is 23.9 Å². The van der Waals surface area contributed by atoms with Crippen molar-refractivity contribution in [2.45, 2.75) is 231 Å². The van der Waals surface area contributed by atoms with Gasteiger partial charge in [0.15, 0.2) is 0 Å². The summed E-state index contributed by atoms with van der Waals surface area (Å²) < 4.78 is 23.2. The SMILES string of the molecule is CCCCCCC/C=C\C/C=C\C/C=C\CCCCCCCCCCC(=O)NC(COP(=O)([O-])OCC[N+](C)(C)C)C(O)C(O)CCCCCCCCCCCCCC. The fraction of sp³-hybridized carbons (Fsp3) is 0.857. The number of phosphoric ester groups is 1. The zero-order chi connectivity index (χ0) is 43.7. The Kier molecular flexibility index (Phi) is 39.8. The molecule has 10 heteroatoms. The first-order valence-electron chi connectivity index (χ1n) is 24.4. The number of nitrogens with zero attached hydrogens (tertiary/aromatic N) is 1. The standard InChI is InChI=1S/C49H95N2O7P/c1-6-8-10-12-14-16-18-20-21-22-23-24-25-26-27-28-29-30-32-34-36-38-40-42-48(53)50-46(45-58-59(55,56)57-44-43-51(3,4)5)49(54)47(52)41-39-37-35-33-31-19-17-15-13-11-9-7-2/h18,20,22-23,25-26,46-47,49,52,54H,6-17,19,21,24,27-45H2,1-5H3,(H-,50,53,55,56)/b20-18-,23-22-,26-25-. The third-order valence-corrected chi connectivity index (χ3v) is 11.9. The third-order valence-electron chi connectivity index (χ3n) is 11.0. The highest BCUT2D eigenvalue weighted by molar-refractivity contribution is 7.45. The Hall–Kier alpha value is -1.32. The van der Waals surface area contributed by atoms with Crippen molar-refractivity contribution in [3.8, 4) is 0 Å². The number of allylic oxidation sites excluding steroid dienone is 6. The summed E-state index contributed by atoms with van der Waals surface area (Å²) in [5, 5.41) is 24.7. The molecule has 1 amide bonds. The number of quaternary nitrogens is 1. The maximum Gasteiger partial charge on any atom is 0.268 e. The molecule has 4 atom stereocenters. The van der Waals surface area contributed by atoms with Crippen LogP contribution in [0.4, 0.5) is 0 Å². The molecule has 0 aromatic heterocycles. The van der Waals surface area contributed by atoms with Crippen LogP contribution >= 0.6 is 7.82 Å². The van der Waals surface area contributed by atoms with Crippen LogP contribution < -0.4 is 10.2 Å². The van der Waals surface area contributed by atoms with Gasteiger partial charge in [-0.2, -0.15) is 0 Å². The van der Waals surface area contributed by atoms with Gasteiger partial charge >= 0.3 is 0 Å². The number of hydrogen-bond donors (Lipinski definition) is 3. The monoisotopic (exact) mass is 855 g/mol. The Labute approximate surface area is 364 Å². The maximum absolute atomic E-state index is 12.9. The van der Waals surface area contributed by atoms with Crippen LogP contribution in [0.5, 0.6) is 0 Å². The summed E-state index contributed by atoms with van der Waals surface area (Å²) >= 11 is 0. The van der Waals surface area contributed by atoms with Crippen molar-refractivity contribution >= 4 is 13.7 Å². The van der Waals surface area contributed by atoms with Crippen molar-refractivity contribution in [1.82, 2.24) is 5.32 Å². The van der Waals surface area contributed by atoms with Gasteiger partial charge in [-0.05, 0) is 51.4 Å². The van der Waals surface area contributed by atoms with Gasteiger partial charge in [0, 0.05) is 6.42 Å². The molecule has 0 saturated carbocycles. The Morgan fingerprint density at radius 3 is 1.47 bits per heavy atom. The van der Waals surface area contributed by atoms with Crippen molar-refractivity contribution in [1.29, 1.82) is 0 Å². The molecule has 0 heterocycles. The lowest BCUT2D eigenvalue weighted by Crippen LogP contribution is -2.51. The van der Waals surface area contributed by atoms with Crippen molar-refractivity contribution in [3.63, 3.8) is 0 Å². The Morgan fingerprint density at radius 2 is 1.02 bits per heavy atom. The Morgan fingerprint density at radius 1 is 0.610 bits per heavy atom. The zero-order valence-electron chi connectivity index (χ0n) is 39.1. The van der Waals surface area contributed by atoms with Crippen LogP contribution in [-0.4, -0.2) is 79.8 Å². The van der Waals surface area contributed by atoms with Crippen molar-refractivity contribution in [2.75, 3.05) is 40.9 Å². The summed E-state index contributed by atoms with van der Waals surface area (Å²) in [6.07, 6.45) is 46.1. The molecule has 0 fully saturated rings. The molecule has 0 aliphatic rings. The first-order valence-corrected chi connectivity index (χ1v) is 25.9. The lowest BCUT2D eigenvalue weighted by atomic mass is 9.99. The van der Waals surface area contributed by atoms with Gasteiger partial charge in [-0.3, -0.25) is 9.36 Å². The van der Waals surface area contributed by atoms with Crippen molar-refractivity contribution < 1.29 is 38.0 Å². The number of amides is 1. The van der Waals surface area contributed by atoms with Crippen molar-refractivity contribution in [2.24, 2.45) is 0 Å². The van der Waals surface area contributed by atoms with Gasteiger partial charge in [0.05, 0.1) is 39.9 Å². The Balaban J connectivity index is 4.38. The number of carbonyl (C=O) groups is 1. The van der Waals surface area contributed by atoms with Crippen LogP contribution in [0.3, 0.4) is 0 Å². The second kappa shape index (κ2) is 40.7. The largest absolute Gasteiger partial charge is 0.756 e. The van der Waals surface area contributed by atoms with Gasteiger partial charge in [0.1, 0.15) is 19.3 Å². The minimum atomic E-state index is -4.67. The second-order valence-corrected chi connectivity index (χ2v) is 19.4. The number of nitrogens with one attached hydrogen (secondary N) is 1. The second-order valence-electron chi connectivity index (χ2n) is 18.0. The molecule has 0 rings (SSSR count). The zero-order valence-corrected chi connectivity index (χ0v) is 40.0.